The second-order valence-corrected chi connectivity index (χ2v) is 4.61. The second kappa shape index (κ2) is 18.1. The van der Waals surface area contributed by atoms with E-state index in [0.29, 0.717) is 5.92 Å². The summed E-state index contributed by atoms with van der Waals surface area (Å²) in [5, 5.41) is 0. The standard InChI is InChI=1S/C10H16O.C9H14O.C2H6/c1-6-10(11-5)7-9(4)8(2)3;1-5-7-9(10-4)8(3)6-2;1-2/h6-8H,1,4H2,2-3,5H3;5,7H,1,3,6H2,2,4H3;1-2H3/b10-7+;9-7+;. The van der Waals surface area contributed by atoms with Gasteiger partial charge in [-0.05, 0) is 41.7 Å². The first-order valence-corrected chi connectivity index (χ1v) is 7.99. The van der Waals surface area contributed by atoms with E-state index in [1.165, 1.54) is 0 Å². The quantitative estimate of drug-likeness (QED) is 0.370. The van der Waals surface area contributed by atoms with Crippen LogP contribution in [0.3, 0.4) is 0 Å². The van der Waals surface area contributed by atoms with Crippen molar-refractivity contribution in [2.24, 2.45) is 5.92 Å². The van der Waals surface area contributed by atoms with Gasteiger partial charge in [-0.25, -0.2) is 0 Å². The van der Waals surface area contributed by atoms with Crippen molar-refractivity contribution in [3.63, 3.8) is 0 Å². The minimum absolute atomic E-state index is 0.458. The van der Waals surface area contributed by atoms with Crippen LogP contribution in [0, 0.1) is 5.92 Å². The summed E-state index contributed by atoms with van der Waals surface area (Å²) in [6.07, 6.45) is 7.99. The summed E-state index contributed by atoms with van der Waals surface area (Å²) in [5.41, 5.74) is 2.06. The first-order chi connectivity index (χ1) is 10.9. The third-order valence-electron chi connectivity index (χ3n) is 2.77. The van der Waals surface area contributed by atoms with E-state index in [-0.39, 0.29) is 0 Å². The van der Waals surface area contributed by atoms with Gasteiger partial charge in [-0.1, -0.05) is 67.0 Å². The molecule has 0 radical (unpaired) electrons. The summed E-state index contributed by atoms with van der Waals surface area (Å²) in [6.45, 7) is 25.1. The summed E-state index contributed by atoms with van der Waals surface area (Å²) in [5.74, 6) is 2.04. The average Bonchev–Trinajstić information content (AvgIpc) is 2.58. The average molecular weight is 321 g/mol. The fraction of sp³-hybridized carbons (Fsp3) is 0.429. The molecule has 0 spiro atoms. The molecule has 0 bridgehead atoms. The Balaban J connectivity index is -0.000000315. The van der Waals surface area contributed by atoms with Crippen LogP contribution in [0.2, 0.25) is 0 Å². The van der Waals surface area contributed by atoms with Gasteiger partial charge >= 0.3 is 0 Å². The molecule has 0 aromatic carbocycles. The molecule has 23 heavy (non-hydrogen) atoms. The molecule has 2 heteroatoms. The van der Waals surface area contributed by atoms with Crippen LogP contribution in [0.25, 0.3) is 0 Å². The minimum atomic E-state index is 0.458. The van der Waals surface area contributed by atoms with Crippen LogP contribution in [0.5, 0.6) is 0 Å². The number of hydrogen-bond donors (Lipinski definition) is 0. The van der Waals surface area contributed by atoms with Crippen LogP contribution in [-0.2, 0) is 9.47 Å². The van der Waals surface area contributed by atoms with Gasteiger partial charge in [-0.2, -0.15) is 0 Å². The van der Waals surface area contributed by atoms with E-state index in [1.54, 1.807) is 26.4 Å². The lowest BCUT2D eigenvalue weighted by molar-refractivity contribution is 0.299. The van der Waals surface area contributed by atoms with Crippen molar-refractivity contribution >= 4 is 0 Å². The molecule has 0 aliphatic rings. The molecule has 0 heterocycles. The Morgan fingerprint density at radius 1 is 1.04 bits per heavy atom. The van der Waals surface area contributed by atoms with Crippen molar-refractivity contribution in [2.75, 3.05) is 14.2 Å². The molecular formula is C21H36O2. The van der Waals surface area contributed by atoms with E-state index in [4.69, 9.17) is 9.47 Å². The maximum Gasteiger partial charge on any atom is 0.121 e. The summed E-state index contributed by atoms with van der Waals surface area (Å²) < 4.78 is 10.0. The van der Waals surface area contributed by atoms with Crippen molar-refractivity contribution in [2.45, 2.75) is 41.0 Å². The predicted octanol–water partition coefficient (Wildman–Crippen LogP) is 6.61. The van der Waals surface area contributed by atoms with Gasteiger partial charge in [0.05, 0.1) is 14.2 Å². The van der Waals surface area contributed by atoms with Gasteiger partial charge in [0, 0.05) is 0 Å². The number of hydrogen-bond acceptors (Lipinski definition) is 2. The molecule has 0 aromatic rings. The second-order valence-electron chi connectivity index (χ2n) is 4.61. The zero-order valence-corrected chi connectivity index (χ0v) is 16.2. The van der Waals surface area contributed by atoms with Gasteiger partial charge in [-0.3, -0.25) is 0 Å². The van der Waals surface area contributed by atoms with Gasteiger partial charge in [0.25, 0.3) is 0 Å². The molecule has 0 aliphatic carbocycles. The zero-order valence-electron chi connectivity index (χ0n) is 16.2. The van der Waals surface area contributed by atoms with E-state index in [2.05, 4.69) is 40.2 Å². The van der Waals surface area contributed by atoms with Crippen LogP contribution in [0.4, 0.5) is 0 Å². The van der Waals surface area contributed by atoms with Gasteiger partial charge < -0.3 is 9.47 Å². The van der Waals surface area contributed by atoms with Gasteiger partial charge in [-0.15, -0.1) is 0 Å². The summed E-state index contributed by atoms with van der Waals surface area (Å²) in [7, 11) is 3.26. The topological polar surface area (TPSA) is 18.5 Å². The van der Waals surface area contributed by atoms with E-state index < -0.39 is 0 Å². The Labute approximate surface area is 144 Å². The molecule has 0 saturated carbocycles. The van der Waals surface area contributed by atoms with Crippen molar-refractivity contribution in [3.8, 4) is 0 Å². The van der Waals surface area contributed by atoms with E-state index in [0.717, 1.165) is 29.1 Å². The monoisotopic (exact) mass is 320 g/mol. The zero-order chi connectivity index (χ0) is 18.8. The normalized spacial score (nSPS) is 10.4. The Bertz CT molecular complexity index is 410. The van der Waals surface area contributed by atoms with Crippen molar-refractivity contribution in [1.29, 1.82) is 0 Å². The molecule has 0 saturated heterocycles. The van der Waals surface area contributed by atoms with Crippen LogP contribution in [0.15, 0.2) is 73.3 Å². The van der Waals surface area contributed by atoms with E-state index in [1.807, 2.05) is 32.9 Å². The lowest BCUT2D eigenvalue weighted by atomic mass is 10.0. The predicted molar refractivity (Wildman–Crippen MR) is 105 cm³/mol. The van der Waals surface area contributed by atoms with Gasteiger partial charge in [0.1, 0.15) is 11.5 Å². The highest BCUT2D eigenvalue weighted by Gasteiger charge is 1.97. The summed E-state index contributed by atoms with van der Waals surface area (Å²) >= 11 is 0. The van der Waals surface area contributed by atoms with Gasteiger partial charge in [0.2, 0.25) is 0 Å². The van der Waals surface area contributed by atoms with Crippen LogP contribution in [0.1, 0.15) is 41.0 Å². The van der Waals surface area contributed by atoms with Crippen molar-refractivity contribution in [3.05, 3.63) is 73.3 Å². The largest absolute Gasteiger partial charge is 0.497 e. The van der Waals surface area contributed by atoms with Crippen molar-refractivity contribution < 1.29 is 9.47 Å². The summed E-state index contributed by atoms with van der Waals surface area (Å²) in [6, 6.07) is 0. The molecule has 0 amide bonds. The molecule has 0 aromatic heterocycles. The fourth-order valence-corrected chi connectivity index (χ4v) is 1.16. The van der Waals surface area contributed by atoms with Crippen LogP contribution >= 0.6 is 0 Å². The molecule has 0 rings (SSSR count). The Morgan fingerprint density at radius 2 is 1.57 bits per heavy atom. The number of methoxy groups -OCH3 is 2. The molecule has 0 atom stereocenters. The minimum Gasteiger partial charge on any atom is -0.497 e. The summed E-state index contributed by atoms with van der Waals surface area (Å²) in [4.78, 5) is 0. The van der Waals surface area contributed by atoms with Crippen LogP contribution in [-0.4, -0.2) is 14.2 Å². The Morgan fingerprint density at radius 3 is 1.83 bits per heavy atom. The highest BCUT2D eigenvalue weighted by atomic mass is 16.5. The molecule has 132 valence electrons. The third-order valence-corrected chi connectivity index (χ3v) is 2.77. The maximum atomic E-state index is 5.03. The molecule has 0 aliphatic heterocycles. The molecule has 0 N–H and O–H groups in total. The highest BCUT2D eigenvalue weighted by molar-refractivity contribution is 5.25. The maximum absolute atomic E-state index is 5.03. The van der Waals surface area contributed by atoms with E-state index >= 15 is 0 Å². The number of rotatable bonds is 8. The Hall–Kier alpha value is -1.96. The first-order valence-electron chi connectivity index (χ1n) is 7.99. The van der Waals surface area contributed by atoms with Gasteiger partial charge in [0.15, 0.2) is 0 Å². The number of ether oxygens (including phenoxy) is 2. The molecule has 0 fully saturated rings. The molecule has 2 nitrogen and oxygen atoms in total. The Kier molecular flexibility index (Phi) is 20.4. The number of allylic oxidation sites excluding steroid dienone is 6. The van der Waals surface area contributed by atoms with Crippen LogP contribution < -0.4 is 0 Å². The smallest absolute Gasteiger partial charge is 0.121 e. The third kappa shape index (κ3) is 14.7. The SMILES string of the molecule is C=C/C(=C\C(=C)C(C)C)OC.C=C/C=C(/OC)C(=C)CC.CC. The lowest BCUT2D eigenvalue weighted by Crippen LogP contribution is -1.90. The van der Waals surface area contributed by atoms with Crippen molar-refractivity contribution in [1.82, 2.24) is 0 Å². The first kappa shape index (κ1) is 26.0. The fourth-order valence-electron chi connectivity index (χ4n) is 1.16. The lowest BCUT2D eigenvalue weighted by Gasteiger charge is -2.05. The molecule has 0 unspecified atom stereocenters. The van der Waals surface area contributed by atoms with E-state index in [9.17, 15) is 0 Å². The highest BCUT2D eigenvalue weighted by Crippen LogP contribution is 2.12. The molecular weight excluding hydrogens is 284 g/mol.